The molecule has 0 atom stereocenters. The van der Waals surface area contributed by atoms with E-state index in [0.717, 1.165) is 0 Å². The second-order valence-corrected chi connectivity index (χ2v) is 10.1. The predicted molar refractivity (Wildman–Crippen MR) is 142 cm³/mol. The lowest BCUT2D eigenvalue weighted by atomic mass is 10.0. The van der Waals surface area contributed by atoms with E-state index >= 15 is 0 Å². The number of anilines is 1. The van der Waals surface area contributed by atoms with Crippen LogP contribution in [-0.4, -0.2) is 31.1 Å². The van der Waals surface area contributed by atoms with Gasteiger partial charge in [-0.15, -0.1) is 10.2 Å². The minimum atomic E-state index is -4.66. The van der Waals surface area contributed by atoms with Gasteiger partial charge in [0.15, 0.2) is 5.75 Å². The van der Waals surface area contributed by atoms with E-state index in [2.05, 4.69) is 15.5 Å². The molecule has 0 heterocycles. The van der Waals surface area contributed by atoms with Crippen molar-refractivity contribution in [2.45, 2.75) is 11.8 Å². The lowest BCUT2D eigenvalue weighted by Gasteiger charge is -2.12. The number of carbonyl (C=O) groups is 1. The smallest absolute Gasteiger partial charge is 0.297 e. The summed E-state index contributed by atoms with van der Waals surface area (Å²) in [6, 6.07) is 15.5. The van der Waals surface area contributed by atoms with E-state index in [9.17, 15) is 22.9 Å². The summed E-state index contributed by atoms with van der Waals surface area (Å²) in [4.78, 5) is 12.6. The second kappa shape index (κ2) is 10.3. The fourth-order valence-electron chi connectivity index (χ4n) is 3.76. The van der Waals surface area contributed by atoms with Crippen molar-refractivity contribution in [3.8, 4) is 11.5 Å². The van der Waals surface area contributed by atoms with E-state index in [-0.39, 0.29) is 32.5 Å². The Kier molecular flexibility index (Phi) is 7.37. The summed E-state index contributed by atoms with van der Waals surface area (Å²) in [5.41, 5.74) is 0.0774. The highest BCUT2D eigenvalue weighted by atomic mass is 35.5. The number of carbonyl (C=O) groups excluding carboxylic acids is 1. The Labute approximate surface area is 222 Å². The van der Waals surface area contributed by atoms with Gasteiger partial charge in [-0.25, -0.2) is 0 Å². The minimum absolute atomic E-state index is 0.0880. The number of fused-ring (bicyclic) bond motifs is 1. The minimum Gasteiger partial charge on any atom is -0.505 e. The zero-order chi connectivity index (χ0) is 26.9. The Bertz CT molecular complexity index is 1690. The van der Waals surface area contributed by atoms with Gasteiger partial charge in [0.1, 0.15) is 22.0 Å². The molecule has 37 heavy (non-hydrogen) atoms. The van der Waals surface area contributed by atoms with Crippen LogP contribution in [0.3, 0.4) is 0 Å². The van der Waals surface area contributed by atoms with Crippen LogP contribution in [-0.2, 0) is 10.1 Å². The van der Waals surface area contributed by atoms with Crippen molar-refractivity contribution in [3.63, 3.8) is 0 Å². The third kappa shape index (κ3) is 5.52. The van der Waals surface area contributed by atoms with Gasteiger partial charge >= 0.3 is 0 Å². The topological polar surface area (TPSA) is 138 Å². The van der Waals surface area contributed by atoms with Crippen molar-refractivity contribution < 1.29 is 27.6 Å². The van der Waals surface area contributed by atoms with Crippen LogP contribution in [0.2, 0.25) is 10.0 Å². The standard InChI is InChI=1S/C25H19Cl2N3O6S/c1-13-9-15(26)11-20(24(13)37(33,34)35)29-30-22-17-6-4-3-5-14(17)10-18(23(22)31)25(32)28-16-7-8-21(36-2)19(27)12-16/h3-12,31H,1-2H3,(H,28,32)(H,33,34,35). The van der Waals surface area contributed by atoms with E-state index in [4.69, 9.17) is 27.9 Å². The Morgan fingerprint density at radius 2 is 1.76 bits per heavy atom. The number of aromatic hydroxyl groups is 1. The van der Waals surface area contributed by atoms with Gasteiger partial charge in [-0.1, -0.05) is 47.5 Å². The molecular weight excluding hydrogens is 541 g/mol. The zero-order valence-electron chi connectivity index (χ0n) is 19.4. The average molecular weight is 560 g/mol. The molecule has 0 aliphatic rings. The largest absolute Gasteiger partial charge is 0.505 e. The molecular formula is C25H19Cl2N3O6S. The molecule has 0 fully saturated rings. The number of hydrogen-bond donors (Lipinski definition) is 3. The first-order valence-corrected chi connectivity index (χ1v) is 12.8. The van der Waals surface area contributed by atoms with Gasteiger partial charge in [0.05, 0.1) is 17.7 Å². The Balaban J connectivity index is 1.82. The molecule has 1 amide bonds. The lowest BCUT2D eigenvalue weighted by molar-refractivity contribution is 0.102. The number of benzene rings is 4. The fraction of sp³-hybridized carbons (Fsp3) is 0.0800. The van der Waals surface area contributed by atoms with Crippen LogP contribution in [0.25, 0.3) is 10.8 Å². The van der Waals surface area contributed by atoms with E-state index in [1.807, 2.05) is 0 Å². The Hall–Kier alpha value is -3.70. The number of azo groups is 1. The molecule has 0 radical (unpaired) electrons. The monoisotopic (exact) mass is 559 g/mol. The molecule has 4 rings (SSSR count). The van der Waals surface area contributed by atoms with Gasteiger partial charge in [0, 0.05) is 16.1 Å². The lowest BCUT2D eigenvalue weighted by Crippen LogP contribution is -2.12. The van der Waals surface area contributed by atoms with Crippen molar-refractivity contribution in [2.75, 3.05) is 12.4 Å². The van der Waals surface area contributed by atoms with Crippen molar-refractivity contribution >= 4 is 67.1 Å². The van der Waals surface area contributed by atoms with Gasteiger partial charge in [-0.3, -0.25) is 9.35 Å². The Morgan fingerprint density at radius 3 is 2.43 bits per heavy atom. The molecule has 4 aromatic carbocycles. The molecule has 3 N–H and O–H groups in total. The number of rotatable bonds is 6. The molecule has 190 valence electrons. The maximum Gasteiger partial charge on any atom is 0.297 e. The first kappa shape index (κ1) is 26.4. The number of ether oxygens (including phenoxy) is 1. The van der Waals surface area contributed by atoms with E-state index < -0.39 is 26.7 Å². The first-order chi connectivity index (χ1) is 17.5. The van der Waals surface area contributed by atoms with E-state index in [0.29, 0.717) is 22.2 Å². The van der Waals surface area contributed by atoms with Crippen LogP contribution < -0.4 is 10.1 Å². The van der Waals surface area contributed by atoms with E-state index in [1.54, 1.807) is 36.4 Å². The maximum atomic E-state index is 13.1. The number of phenols is 1. The number of nitrogens with one attached hydrogen (secondary N) is 1. The van der Waals surface area contributed by atoms with Gasteiger partial charge in [0.2, 0.25) is 0 Å². The second-order valence-electron chi connectivity index (χ2n) is 7.89. The summed E-state index contributed by atoms with van der Waals surface area (Å²) >= 11 is 12.2. The highest BCUT2D eigenvalue weighted by Crippen LogP contribution is 2.41. The summed E-state index contributed by atoms with van der Waals surface area (Å²) in [5, 5.41) is 23.2. The van der Waals surface area contributed by atoms with Crippen LogP contribution in [0.5, 0.6) is 11.5 Å². The number of amides is 1. The normalized spacial score (nSPS) is 11.7. The molecule has 0 saturated carbocycles. The van der Waals surface area contributed by atoms with E-state index in [1.165, 1.54) is 38.3 Å². The SMILES string of the molecule is COc1ccc(NC(=O)c2cc3ccccc3c(N=Nc3cc(Cl)cc(C)c3S(=O)(=O)O)c2O)cc1Cl. The number of halogens is 2. The average Bonchev–Trinajstić information content (AvgIpc) is 2.82. The summed E-state index contributed by atoms with van der Waals surface area (Å²) in [6.07, 6.45) is 0. The van der Waals surface area contributed by atoms with Crippen LogP contribution in [0.4, 0.5) is 17.1 Å². The quantitative estimate of drug-likeness (QED) is 0.170. The van der Waals surface area contributed by atoms with Crippen molar-refractivity contribution in [3.05, 3.63) is 81.8 Å². The van der Waals surface area contributed by atoms with Crippen molar-refractivity contribution in [2.24, 2.45) is 10.2 Å². The molecule has 4 aromatic rings. The highest BCUT2D eigenvalue weighted by Gasteiger charge is 2.22. The molecule has 0 aliphatic heterocycles. The molecule has 0 aromatic heterocycles. The summed E-state index contributed by atoms with van der Waals surface area (Å²) in [7, 11) is -3.20. The van der Waals surface area contributed by atoms with Gasteiger partial charge in [-0.2, -0.15) is 8.42 Å². The van der Waals surface area contributed by atoms with Gasteiger partial charge in [0.25, 0.3) is 16.0 Å². The molecule has 9 nitrogen and oxygen atoms in total. The van der Waals surface area contributed by atoms with Crippen molar-refractivity contribution in [1.29, 1.82) is 0 Å². The molecule has 0 aliphatic carbocycles. The number of phenolic OH excluding ortho intramolecular Hbond substituents is 1. The first-order valence-electron chi connectivity index (χ1n) is 10.6. The molecule has 0 spiro atoms. The number of methoxy groups -OCH3 is 1. The Morgan fingerprint density at radius 1 is 1.03 bits per heavy atom. The van der Waals surface area contributed by atoms with Crippen LogP contribution in [0.1, 0.15) is 15.9 Å². The predicted octanol–water partition coefficient (Wildman–Crippen LogP) is 7.08. The van der Waals surface area contributed by atoms with Crippen molar-refractivity contribution in [1.82, 2.24) is 0 Å². The van der Waals surface area contributed by atoms with Crippen LogP contribution in [0, 0.1) is 6.92 Å². The third-order valence-corrected chi connectivity index (χ3v) is 6.95. The zero-order valence-corrected chi connectivity index (χ0v) is 21.7. The third-order valence-electron chi connectivity index (χ3n) is 5.38. The molecule has 0 saturated heterocycles. The number of nitrogens with zero attached hydrogens (tertiary/aromatic N) is 2. The van der Waals surface area contributed by atoms with Gasteiger partial charge in [-0.05, 0) is 54.3 Å². The summed E-state index contributed by atoms with van der Waals surface area (Å²) in [6.45, 7) is 1.44. The van der Waals surface area contributed by atoms with Crippen LogP contribution >= 0.6 is 23.2 Å². The summed E-state index contributed by atoms with van der Waals surface area (Å²) in [5.74, 6) is -0.721. The van der Waals surface area contributed by atoms with Gasteiger partial charge < -0.3 is 15.2 Å². The molecule has 0 unspecified atom stereocenters. The van der Waals surface area contributed by atoms with Crippen LogP contribution in [0.15, 0.2) is 75.8 Å². The molecule has 0 bridgehead atoms. The highest BCUT2D eigenvalue weighted by molar-refractivity contribution is 7.86. The number of hydrogen-bond acceptors (Lipinski definition) is 7. The number of aryl methyl sites for hydroxylation is 1. The maximum absolute atomic E-state index is 13.1. The molecule has 12 heteroatoms. The summed E-state index contributed by atoms with van der Waals surface area (Å²) < 4.78 is 38.7. The fourth-order valence-corrected chi connectivity index (χ4v) is 5.11.